The van der Waals surface area contributed by atoms with Crippen molar-refractivity contribution >= 4 is 38.4 Å². The maximum Gasteiger partial charge on any atom is 0.251 e. The van der Waals surface area contributed by atoms with E-state index in [2.05, 4.69) is 11.1 Å². The van der Waals surface area contributed by atoms with Crippen LogP contribution in [0.5, 0.6) is 0 Å². The van der Waals surface area contributed by atoms with Gasteiger partial charge in [0.1, 0.15) is 0 Å². The molecule has 128 valence electrons. The number of fused-ring (bicyclic) bond motifs is 1. The maximum atomic E-state index is 12.2. The molecule has 7 heteroatoms. The number of hydrogen-bond acceptors (Lipinski definition) is 4. The second-order valence-corrected chi connectivity index (χ2v) is 10.4. The van der Waals surface area contributed by atoms with Crippen LogP contribution >= 0.6 is 11.8 Å². The minimum Gasteiger partial charge on any atom is -0.316 e. The van der Waals surface area contributed by atoms with Crippen LogP contribution in [0.3, 0.4) is 0 Å². The standard InChI is InChI=1S/C17H20N2O3S2/c1-10-5-11(2)7-13(6-10)19-14-8-24(21,22)9-15(14)23-17(19)18-16(20)12-3-4-12/h5-7,12,14-15H,3-4,8-9H2,1-2H3. The van der Waals surface area contributed by atoms with Crippen molar-refractivity contribution in [2.75, 3.05) is 16.4 Å². The largest absolute Gasteiger partial charge is 0.316 e. The number of rotatable bonds is 2. The first kappa shape index (κ1) is 16.1. The monoisotopic (exact) mass is 364 g/mol. The van der Waals surface area contributed by atoms with Crippen molar-refractivity contribution in [1.29, 1.82) is 0 Å². The zero-order chi connectivity index (χ0) is 17.1. The van der Waals surface area contributed by atoms with Gasteiger partial charge < -0.3 is 4.90 Å². The van der Waals surface area contributed by atoms with Gasteiger partial charge >= 0.3 is 0 Å². The van der Waals surface area contributed by atoms with E-state index in [1.54, 1.807) is 0 Å². The quantitative estimate of drug-likeness (QED) is 0.806. The van der Waals surface area contributed by atoms with Gasteiger partial charge in [0.05, 0.1) is 17.5 Å². The van der Waals surface area contributed by atoms with Crippen LogP contribution in [0, 0.1) is 19.8 Å². The molecule has 2 saturated heterocycles. The number of sulfone groups is 1. The lowest BCUT2D eigenvalue weighted by Crippen LogP contribution is -2.37. The molecule has 2 aliphatic heterocycles. The van der Waals surface area contributed by atoms with Gasteiger partial charge in [-0.25, -0.2) is 8.42 Å². The molecular formula is C17H20N2O3S2. The Balaban J connectivity index is 1.75. The maximum absolute atomic E-state index is 12.2. The average Bonchev–Trinajstić information content (AvgIpc) is 3.18. The van der Waals surface area contributed by atoms with Crippen LogP contribution in [0.15, 0.2) is 23.2 Å². The number of amides is 1. The summed E-state index contributed by atoms with van der Waals surface area (Å²) in [5, 5.41) is 0.628. The summed E-state index contributed by atoms with van der Waals surface area (Å²) in [6.07, 6.45) is 1.84. The fourth-order valence-corrected chi connectivity index (χ4v) is 7.39. The predicted molar refractivity (Wildman–Crippen MR) is 97.4 cm³/mol. The number of amidine groups is 1. The molecule has 2 unspecified atom stereocenters. The number of benzene rings is 1. The number of aliphatic imine (C=N–C) groups is 1. The second-order valence-electron chi connectivity index (χ2n) is 7.02. The molecule has 0 spiro atoms. The van der Waals surface area contributed by atoms with Crippen molar-refractivity contribution in [2.45, 2.75) is 38.0 Å². The average molecular weight is 364 g/mol. The molecule has 3 fully saturated rings. The normalized spacial score (nSPS) is 29.9. The molecular weight excluding hydrogens is 344 g/mol. The van der Waals surface area contributed by atoms with Crippen LogP contribution in [0.2, 0.25) is 0 Å². The first-order valence-corrected chi connectivity index (χ1v) is 10.9. The number of aryl methyl sites for hydroxylation is 2. The van der Waals surface area contributed by atoms with E-state index in [0.717, 1.165) is 29.7 Å². The Morgan fingerprint density at radius 2 is 1.83 bits per heavy atom. The highest BCUT2D eigenvalue weighted by Crippen LogP contribution is 2.42. The van der Waals surface area contributed by atoms with Crippen molar-refractivity contribution in [3.05, 3.63) is 29.3 Å². The Bertz CT molecular complexity index is 823. The molecule has 3 aliphatic rings. The number of anilines is 1. The minimum atomic E-state index is -3.02. The fraction of sp³-hybridized carbons (Fsp3) is 0.529. The lowest BCUT2D eigenvalue weighted by atomic mass is 10.1. The van der Waals surface area contributed by atoms with Gasteiger partial charge in [0, 0.05) is 16.9 Å². The zero-order valence-electron chi connectivity index (χ0n) is 13.7. The van der Waals surface area contributed by atoms with Crippen LogP contribution in [-0.2, 0) is 14.6 Å². The van der Waals surface area contributed by atoms with Crippen LogP contribution < -0.4 is 4.90 Å². The summed E-state index contributed by atoms with van der Waals surface area (Å²) in [5.74, 6) is 0.312. The molecule has 2 atom stereocenters. The smallest absolute Gasteiger partial charge is 0.251 e. The van der Waals surface area contributed by atoms with Crippen LogP contribution in [0.1, 0.15) is 24.0 Å². The van der Waals surface area contributed by atoms with Gasteiger partial charge in [-0.1, -0.05) is 17.8 Å². The first-order chi connectivity index (χ1) is 11.3. The number of nitrogens with zero attached hydrogens (tertiary/aromatic N) is 2. The van der Waals surface area contributed by atoms with E-state index in [9.17, 15) is 13.2 Å². The molecule has 24 heavy (non-hydrogen) atoms. The minimum absolute atomic E-state index is 0.0402. The fourth-order valence-electron chi connectivity index (χ4n) is 3.47. The Hall–Kier alpha value is -1.34. The molecule has 5 nitrogen and oxygen atoms in total. The summed E-state index contributed by atoms with van der Waals surface area (Å²) in [6.45, 7) is 4.05. The Kier molecular flexibility index (Phi) is 3.76. The SMILES string of the molecule is Cc1cc(C)cc(N2C(=NC(=O)C3CC3)SC3CS(=O)(=O)CC32)c1. The van der Waals surface area contributed by atoms with Gasteiger partial charge in [0.25, 0.3) is 5.91 Å². The van der Waals surface area contributed by atoms with E-state index in [4.69, 9.17) is 0 Å². The van der Waals surface area contributed by atoms with Crippen molar-refractivity contribution < 1.29 is 13.2 Å². The van der Waals surface area contributed by atoms with Gasteiger partial charge in [-0.2, -0.15) is 4.99 Å². The topological polar surface area (TPSA) is 66.8 Å². The van der Waals surface area contributed by atoms with Crippen LogP contribution in [0.25, 0.3) is 0 Å². The molecule has 0 N–H and O–H groups in total. The summed E-state index contributed by atoms with van der Waals surface area (Å²) in [5.41, 5.74) is 3.17. The number of thioether (sulfide) groups is 1. The molecule has 0 radical (unpaired) electrons. The van der Waals surface area contributed by atoms with Crippen molar-refractivity contribution in [2.24, 2.45) is 10.9 Å². The highest BCUT2D eigenvalue weighted by atomic mass is 32.2. The van der Waals surface area contributed by atoms with E-state index in [-0.39, 0.29) is 34.6 Å². The summed E-state index contributed by atoms with van der Waals surface area (Å²) in [6, 6.07) is 6.03. The van der Waals surface area contributed by atoms with E-state index in [1.165, 1.54) is 11.8 Å². The summed E-state index contributed by atoms with van der Waals surface area (Å²) in [7, 11) is -3.02. The molecule has 1 aliphatic carbocycles. The van der Waals surface area contributed by atoms with Crippen molar-refractivity contribution in [3.63, 3.8) is 0 Å². The van der Waals surface area contributed by atoms with Gasteiger partial charge in [0.2, 0.25) is 0 Å². The highest BCUT2D eigenvalue weighted by Gasteiger charge is 2.49. The predicted octanol–water partition coefficient (Wildman–Crippen LogP) is 2.31. The van der Waals surface area contributed by atoms with E-state index < -0.39 is 9.84 Å². The summed E-state index contributed by atoms with van der Waals surface area (Å²) in [4.78, 5) is 18.5. The van der Waals surface area contributed by atoms with Gasteiger partial charge in [-0.15, -0.1) is 0 Å². The highest BCUT2D eigenvalue weighted by molar-refractivity contribution is 8.16. The third-order valence-electron chi connectivity index (χ3n) is 4.68. The summed E-state index contributed by atoms with van der Waals surface area (Å²) >= 11 is 1.45. The lowest BCUT2D eigenvalue weighted by molar-refractivity contribution is -0.118. The molecule has 2 heterocycles. The second kappa shape index (κ2) is 5.59. The van der Waals surface area contributed by atoms with Crippen molar-refractivity contribution in [1.82, 2.24) is 0 Å². The molecule has 1 saturated carbocycles. The lowest BCUT2D eigenvalue weighted by Gasteiger charge is -2.25. The Morgan fingerprint density at radius 3 is 2.46 bits per heavy atom. The number of hydrogen-bond donors (Lipinski definition) is 0. The first-order valence-electron chi connectivity index (χ1n) is 8.19. The zero-order valence-corrected chi connectivity index (χ0v) is 15.4. The van der Waals surface area contributed by atoms with Gasteiger partial charge in [0.15, 0.2) is 15.0 Å². The number of carbonyl (C=O) groups is 1. The van der Waals surface area contributed by atoms with Gasteiger partial charge in [-0.3, -0.25) is 4.79 Å². The molecule has 1 aromatic carbocycles. The Labute approximate surface area is 146 Å². The summed E-state index contributed by atoms with van der Waals surface area (Å²) < 4.78 is 24.1. The third-order valence-corrected chi connectivity index (χ3v) is 7.89. The molecule has 0 bridgehead atoms. The molecule has 4 rings (SSSR count). The van der Waals surface area contributed by atoms with E-state index in [1.807, 2.05) is 30.9 Å². The van der Waals surface area contributed by atoms with Crippen LogP contribution in [0.4, 0.5) is 5.69 Å². The number of carbonyl (C=O) groups excluding carboxylic acids is 1. The third kappa shape index (κ3) is 2.99. The molecule has 1 aromatic rings. The van der Waals surface area contributed by atoms with Crippen LogP contribution in [-0.4, -0.2) is 42.3 Å². The van der Waals surface area contributed by atoms with Crippen molar-refractivity contribution in [3.8, 4) is 0 Å². The van der Waals surface area contributed by atoms with Gasteiger partial charge in [-0.05, 0) is 49.9 Å². The molecule has 1 amide bonds. The molecule has 0 aromatic heterocycles. The van der Waals surface area contributed by atoms with E-state index in [0.29, 0.717) is 5.17 Å². The van der Waals surface area contributed by atoms with E-state index >= 15 is 0 Å². The Morgan fingerprint density at radius 1 is 1.17 bits per heavy atom.